The number of aliphatic hydroxyl groups is 1. The molecule has 0 bridgehead atoms. The normalized spacial score (nSPS) is 11.8. The summed E-state index contributed by atoms with van der Waals surface area (Å²) in [5, 5.41) is 29.7. The molecular formula is C23H19N3O3. The van der Waals surface area contributed by atoms with Crippen LogP contribution in [-0.2, 0) is 6.61 Å². The predicted octanol–water partition coefficient (Wildman–Crippen LogP) is 3.50. The fourth-order valence-corrected chi connectivity index (χ4v) is 3.66. The van der Waals surface area contributed by atoms with E-state index in [1.165, 1.54) is 6.20 Å². The minimum absolute atomic E-state index is 0.154. The molecule has 6 nitrogen and oxygen atoms in total. The highest BCUT2D eigenvalue weighted by molar-refractivity contribution is 6.15. The number of aromatic hydroxyl groups is 1. The first kappa shape index (κ1) is 18.5. The SMILES string of the molecule is N=C/C(=C\N)c1ccc2c(CO)cc3c(-c4ccc(O)cc4)c[nH]c(=O)c3c2c1. The molecule has 0 amide bonds. The highest BCUT2D eigenvalue weighted by Crippen LogP contribution is 2.34. The van der Waals surface area contributed by atoms with Crippen LogP contribution in [-0.4, -0.2) is 21.4 Å². The molecule has 1 aromatic heterocycles. The molecule has 1 heterocycles. The quantitative estimate of drug-likeness (QED) is 0.272. The molecule has 0 saturated heterocycles. The van der Waals surface area contributed by atoms with Crippen LogP contribution >= 0.6 is 0 Å². The van der Waals surface area contributed by atoms with Gasteiger partial charge in [-0.25, -0.2) is 0 Å². The molecule has 4 aromatic rings. The second-order valence-corrected chi connectivity index (χ2v) is 6.72. The number of hydrogen-bond acceptors (Lipinski definition) is 5. The Morgan fingerprint density at radius 2 is 1.83 bits per heavy atom. The number of phenolic OH excluding ortho intramolecular Hbond substituents is 1. The Kier molecular flexibility index (Phi) is 4.62. The van der Waals surface area contributed by atoms with Gasteiger partial charge in [-0.15, -0.1) is 0 Å². The van der Waals surface area contributed by atoms with Crippen molar-refractivity contribution < 1.29 is 10.2 Å². The first-order valence-electron chi connectivity index (χ1n) is 9.01. The van der Waals surface area contributed by atoms with Crippen LogP contribution in [0.3, 0.4) is 0 Å². The summed E-state index contributed by atoms with van der Waals surface area (Å²) in [6.45, 7) is -0.183. The lowest BCUT2D eigenvalue weighted by Crippen LogP contribution is -2.08. The largest absolute Gasteiger partial charge is 0.508 e. The Bertz CT molecular complexity index is 1340. The van der Waals surface area contributed by atoms with Gasteiger partial charge < -0.3 is 26.3 Å². The number of nitrogens with two attached hydrogens (primary N) is 1. The van der Waals surface area contributed by atoms with Crippen molar-refractivity contribution in [2.24, 2.45) is 5.73 Å². The van der Waals surface area contributed by atoms with Crippen molar-refractivity contribution >= 4 is 33.3 Å². The third kappa shape index (κ3) is 3.05. The highest BCUT2D eigenvalue weighted by Gasteiger charge is 2.14. The molecule has 0 atom stereocenters. The minimum atomic E-state index is -0.248. The van der Waals surface area contributed by atoms with E-state index in [0.717, 1.165) is 22.7 Å². The maximum absolute atomic E-state index is 12.8. The lowest BCUT2D eigenvalue weighted by atomic mass is 9.92. The van der Waals surface area contributed by atoms with Crippen LogP contribution in [0, 0.1) is 5.41 Å². The maximum Gasteiger partial charge on any atom is 0.256 e. The van der Waals surface area contributed by atoms with Crippen molar-refractivity contribution in [3.05, 3.63) is 82.4 Å². The third-order valence-electron chi connectivity index (χ3n) is 5.10. The van der Waals surface area contributed by atoms with Gasteiger partial charge in [0.15, 0.2) is 0 Å². The molecule has 0 aliphatic heterocycles. The van der Waals surface area contributed by atoms with Gasteiger partial charge in [-0.05, 0) is 57.1 Å². The van der Waals surface area contributed by atoms with E-state index >= 15 is 0 Å². The lowest BCUT2D eigenvalue weighted by molar-refractivity contribution is 0.283. The zero-order valence-corrected chi connectivity index (χ0v) is 15.4. The number of allylic oxidation sites excluding steroid dienone is 1. The average molecular weight is 385 g/mol. The van der Waals surface area contributed by atoms with Crippen LogP contribution in [0.2, 0.25) is 0 Å². The summed E-state index contributed by atoms with van der Waals surface area (Å²) < 4.78 is 0. The number of H-pyrrole nitrogens is 1. The Labute approximate surface area is 166 Å². The van der Waals surface area contributed by atoms with E-state index in [0.29, 0.717) is 32.9 Å². The first-order chi connectivity index (χ1) is 14.1. The molecule has 0 saturated carbocycles. The standard InChI is InChI=1S/C23H19N3O3/c24-9-16(10-25)14-3-6-18-15(12-27)8-20-21(13-1-4-17(28)5-2-13)11-26-23(29)22(20)19(18)7-14/h1-11,24,27-28H,12,25H2,(H,26,29)/b16-10+,24-9?. The molecule has 0 radical (unpaired) electrons. The highest BCUT2D eigenvalue weighted by atomic mass is 16.3. The van der Waals surface area contributed by atoms with Gasteiger partial charge in [-0.2, -0.15) is 0 Å². The number of aromatic amines is 1. The van der Waals surface area contributed by atoms with Crippen molar-refractivity contribution in [3.63, 3.8) is 0 Å². The molecule has 144 valence electrons. The summed E-state index contributed by atoms with van der Waals surface area (Å²) in [6, 6.07) is 14.0. The summed E-state index contributed by atoms with van der Waals surface area (Å²) in [6.07, 6.45) is 4.14. The Morgan fingerprint density at radius 1 is 1.07 bits per heavy atom. The molecule has 3 aromatic carbocycles. The van der Waals surface area contributed by atoms with Gasteiger partial charge in [0.25, 0.3) is 5.56 Å². The van der Waals surface area contributed by atoms with Gasteiger partial charge in [0, 0.05) is 29.7 Å². The Hall–Kier alpha value is -3.90. The molecule has 0 aliphatic rings. The van der Waals surface area contributed by atoms with E-state index < -0.39 is 0 Å². The van der Waals surface area contributed by atoms with Crippen molar-refractivity contribution in [1.29, 1.82) is 5.41 Å². The number of hydrogen-bond donors (Lipinski definition) is 5. The third-order valence-corrected chi connectivity index (χ3v) is 5.10. The number of pyridine rings is 1. The summed E-state index contributed by atoms with van der Waals surface area (Å²) in [7, 11) is 0. The van der Waals surface area contributed by atoms with Crippen LogP contribution in [0.15, 0.2) is 65.7 Å². The van der Waals surface area contributed by atoms with Crippen LogP contribution in [0.5, 0.6) is 5.75 Å². The molecule has 29 heavy (non-hydrogen) atoms. The van der Waals surface area contributed by atoms with E-state index in [-0.39, 0.29) is 17.9 Å². The van der Waals surface area contributed by atoms with E-state index in [4.69, 9.17) is 11.1 Å². The molecule has 0 spiro atoms. The fourth-order valence-electron chi connectivity index (χ4n) is 3.66. The number of fused-ring (bicyclic) bond motifs is 3. The molecule has 0 unspecified atom stereocenters. The first-order valence-corrected chi connectivity index (χ1v) is 9.01. The second kappa shape index (κ2) is 7.26. The molecule has 6 heteroatoms. The Balaban J connectivity index is 2.15. The molecule has 0 aliphatic carbocycles. The van der Waals surface area contributed by atoms with E-state index in [1.54, 1.807) is 30.5 Å². The monoisotopic (exact) mass is 385 g/mol. The van der Waals surface area contributed by atoms with Gasteiger partial charge >= 0.3 is 0 Å². The number of nitrogens with one attached hydrogen (secondary N) is 2. The van der Waals surface area contributed by atoms with Crippen molar-refractivity contribution in [2.45, 2.75) is 6.61 Å². The minimum Gasteiger partial charge on any atom is -0.508 e. The molecule has 0 fully saturated rings. The summed E-state index contributed by atoms with van der Waals surface area (Å²) >= 11 is 0. The zero-order chi connectivity index (χ0) is 20.5. The van der Waals surface area contributed by atoms with Crippen molar-refractivity contribution in [3.8, 4) is 16.9 Å². The van der Waals surface area contributed by atoms with Crippen LogP contribution in [0.1, 0.15) is 11.1 Å². The average Bonchev–Trinajstić information content (AvgIpc) is 2.74. The summed E-state index contributed by atoms with van der Waals surface area (Å²) in [5.74, 6) is 0.154. The number of benzene rings is 3. The molecular weight excluding hydrogens is 366 g/mol. The van der Waals surface area contributed by atoms with E-state index in [9.17, 15) is 15.0 Å². The molecule has 6 N–H and O–H groups in total. The van der Waals surface area contributed by atoms with E-state index in [2.05, 4.69) is 4.98 Å². The number of aliphatic hydroxyl groups excluding tert-OH is 1. The van der Waals surface area contributed by atoms with E-state index in [1.807, 2.05) is 24.3 Å². The summed E-state index contributed by atoms with van der Waals surface area (Å²) in [4.78, 5) is 15.6. The van der Waals surface area contributed by atoms with Crippen LogP contribution < -0.4 is 11.3 Å². The topological polar surface area (TPSA) is 123 Å². The number of phenols is 1. The van der Waals surface area contributed by atoms with Crippen molar-refractivity contribution in [1.82, 2.24) is 4.98 Å². The summed E-state index contributed by atoms with van der Waals surface area (Å²) in [5.41, 5.74) is 8.92. The van der Waals surface area contributed by atoms with Crippen LogP contribution in [0.4, 0.5) is 0 Å². The fraction of sp³-hybridized carbons (Fsp3) is 0.0435. The van der Waals surface area contributed by atoms with Gasteiger partial charge in [-0.1, -0.05) is 24.3 Å². The molecule has 4 rings (SSSR count). The lowest BCUT2D eigenvalue weighted by Gasteiger charge is -2.13. The zero-order valence-electron chi connectivity index (χ0n) is 15.4. The smallest absolute Gasteiger partial charge is 0.256 e. The number of aromatic nitrogens is 1. The van der Waals surface area contributed by atoms with Gasteiger partial charge in [0.05, 0.1) is 12.0 Å². The van der Waals surface area contributed by atoms with Crippen LogP contribution in [0.25, 0.3) is 38.2 Å². The van der Waals surface area contributed by atoms with Gasteiger partial charge in [-0.3, -0.25) is 4.79 Å². The second-order valence-electron chi connectivity index (χ2n) is 6.72. The Morgan fingerprint density at radius 3 is 2.48 bits per heavy atom. The van der Waals surface area contributed by atoms with Crippen molar-refractivity contribution in [2.75, 3.05) is 0 Å². The predicted molar refractivity (Wildman–Crippen MR) is 116 cm³/mol. The number of rotatable bonds is 4. The van der Waals surface area contributed by atoms with Gasteiger partial charge in [0.2, 0.25) is 0 Å². The van der Waals surface area contributed by atoms with Gasteiger partial charge in [0.1, 0.15) is 5.75 Å². The maximum atomic E-state index is 12.8.